The molecule has 6 nitrogen and oxygen atoms in total. The average Bonchev–Trinajstić information content (AvgIpc) is 2.35. The van der Waals surface area contributed by atoms with Crippen molar-refractivity contribution in [3.63, 3.8) is 0 Å². The van der Waals surface area contributed by atoms with E-state index in [-0.39, 0.29) is 24.3 Å². The highest BCUT2D eigenvalue weighted by Crippen LogP contribution is 2.21. The quantitative estimate of drug-likeness (QED) is 0.772. The summed E-state index contributed by atoms with van der Waals surface area (Å²) in [6.45, 7) is 3.68. The second kappa shape index (κ2) is 7.11. The first-order valence-electron chi connectivity index (χ1n) is 6.71. The number of carbonyl (C=O) groups is 3. The molecule has 19 heavy (non-hydrogen) atoms. The first-order valence-corrected chi connectivity index (χ1v) is 6.71. The fourth-order valence-corrected chi connectivity index (χ4v) is 2.50. The van der Waals surface area contributed by atoms with Gasteiger partial charge in [-0.3, -0.25) is 14.4 Å². The van der Waals surface area contributed by atoms with Crippen molar-refractivity contribution in [2.45, 2.75) is 58.0 Å². The molecule has 0 bridgehead atoms. The van der Waals surface area contributed by atoms with E-state index >= 15 is 0 Å². The van der Waals surface area contributed by atoms with Gasteiger partial charge in [-0.1, -0.05) is 0 Å². The molecule has 0 aromatic rings. The molecule has 1 heterocycles. The molecule has 1 aliphatic heterocycles. The molecule has 6 heteroatoms. The Morgan fingerprint density at radius 1 is 1.37 bits per heavy atom. The molecule has 2 atom stereocenters. The van der Waals surface area contributed by atoms with Crippen LogP contribution in [0.3, 0.4) is 0 Å². The monoisotopic (exact) mass is 270 g/mol. The van der Waals surface area contributed by atoms with E-state index in [9.17, 15) is 14.4 Å². The minimum Gasteiger partial charge on any atom is -0.481 e. The van der Waals surface area contributed by atoms with Crippen molar-refractivity contribution in [1.82, 2.24) is 10.2 Å². The van der Waals surface area contributed by atoms with E-state index in [0.29, 0.717) is 13.0 Å². The number of nitrogens with one attached hydrogen (secondary N) is 1. The Bertz CT molecular complexity index is 357. The largest absolute Gasteiger partial charge is 0.481 e. The lowest BCUT2D eigenvalue weighted by molar-refractivity contribution is -0.141. The number of carboxylic acid groups (broad SMARTS) is 1. The van der Waals surface area contributed by atoms with E-state index in [2.05, 4.69) is 5.32 Å². The van der Waals surface area contributed by atoms with Crippen LogP contribution in [0, 0.1) is 0 Å². The summed E-state index contributed by atoms with van der Waals surface area (Å²) in [6, 6.07) is -0.573. The number of nitrogens with zero attached hydrogens (tertiary/aromatic N) is 1. The van der Waals surface area contributed by atoms with Gasteiger partial charge < -0.3 is 15.3 Å². The van der Waals surface area contributed by atoms with Crippen LogP contribution in [0.5, 0.6) is 0 Å². The molecule has 108 valence electrons. The van der Waals surface area contributed by atoms with Gasteiger partial charge in [-0.2, -0.15) is 0 Å². The summed E-state index contributed by atoms with van der Waals surface area (Å²) in [5.41, 5.74) is 0. The third-order valence-electron chi connectivity index (χ3n) is 3.39. The van der Waals surface area contributed by atoms with Gasteiger partial charge in [0.15, 0.2) is 0 Å². The predicted molar refractivity (Wildman–Crippen MR) is 69.5 cm³/mol. The molecular formula is C13H22N2O4. The summed E-state index contributed by atoms with van der Waals surface area (Å²) >= 11 is 0. The second-order valence-electron chi connectivity index (χ2n) is 5.04. The van der Waals surface area contributed by atoms with Crippen molar-refractivity contribution in [2.75, 3.05) is 6.54 Å². The molecular weight excluding hydrogens is 248 g/mol. The summed E-state index contributed by atoms with van der Waals surface area (Å²) in [5.74, 6) is -1.20. The lowest BCUT2D eigenvalue weighted by Crippen LogP contribution is -2.52. The van der Waals surface area contributed by atoms with Gasteiger partial charge >= 0.3 is 5.97 Å². The maximum atomic E-state index is 12.3. The Labute approximate surface area is 113 Å². The highest BCUT2D eigenvalue weighted by molar-refractivity contribution is 5.86. The number of hydrogen-bond acceptors (Lipinski definition) is 3. The van der Waals surface area contributed by atoms with E-state index in [4.69, 9.17) is 5.11 Å². The number of carbonyl (C=O) groups excluding carboxylic acids is 2. The first kappa shape index (κ1) is 15.5. The summed E-state index contributed by atoms with van der Waals surface area (Å²) in [5, 5.41) is 11.3. The van der Waals surface area contributed by atoms with Gasteiger partial charge in [0.2, 0.25) is 11.8 Å². The van der Waals surface area contributed by atoms with Crippen LogP contribution in [0.15, 0.2) is 0 Å². The van der Waals surface area contributed by atoms with Crippen LogP contribution in [0.1, 0.15) is 46.0 Å². The van der Waals surface area contributed by atoms with Crippen LogP contribution >= 0.6 is 0 Å². The summed E-state index contributed by atoms with van der Waals surface area (Å²) in [6.07, 6.45) is 3.34. The molecule has 0 aromatic carbocycles. The molecule has 0 saturated carbocycles. The van der Waals surface area contributed by atoms with E-state index in [1.54, 1.807) is 11.8 Å². The van der Waals surface area contributed by atoms with E-state index < -0.39 is 12.0 Å². The highest BCUT2D eigenvalue weighted by Gasteiger charge is 2.29. The van der Waals surface area contributed by atoms with Crippen LogP contribution in [-0.2, 0) is 14.4 Å². The maximum absolute atomic E-state index is 12.3. The first-order chi connectivity index (χ1) is 8.91. The van der Waals surface area contributed by atoms with Crippen LogP contribution in [0.4, 0.5) is 0 Å². The molecule has 2 amide bonds. The maximum Gasteiger partial charge on any atom is 0.303 e. The van der Waals surface area contributed by atoms with E-state index in [1.807, 2.05) is 0 Å². The zero-order valence-corrected chi connectivity index (χ0v) is 11.5. The second-order valence-corrected chi connectivity index (χ2v) is 5.04. The fraction of sp³-hybridized carbons (Fsp3) is 0.769. The van der Waals surface area contributed by atoms with Gasteiger partial charge in [0.1, 0.15) is 6.04 Å². The van der Waals surface area contributed by atoms with Crippen molar-refractivity contribution < 1.29 is 19.5 Å². The van der Waals surface area contributed by atoms with Gasteiger partial charge in [0.25, 0.3) is 0 Å². The van der Waals surface area contributed by atoms with Crippen molar-refractivity contribution in [3.05, 3.63) is 0 Å². The average molecular weight is 270 g/mol. The molecule has 1 aliphatic rings. The Hall–Kier alpha value is -1.59. The Morgan fingerprint density at radius 3 is 2.63 bits per heavy atom. The van der Waals surface area contributed by atoms with Crippen molar-refractivity contribution in [1.29, 1.82) is 0 Å². The van der Waals surface area contributed by atoms with Crippen LogP contribution < -0.4 is 5.32 Å². The Morgan fingerprint density at radius 2 is 2.05 bits per heavy atom. The summed E-state index contributed by atoms with van der Waals surface area (Å²) in [4.78, 5) is 35.6. The predicted octanol–water partition coefficient (Wildman–Crippen LogP) is 0.757. The molecule has 0 aromatic heterocycles. The molecule has 1 rings (SSSR count). The number of amides is 2. The molecule has 2 N–H and O–H groups in total. The Balaban J connectivity index is 2.62. The fourth-order valence-electron chi connectivity index (χ4n) is 2.50. The van der Waals surface area contributed by atoms with Crippen LogP contribution in [0.2, 0.25) is 0 Å². The minimum absolute atomic E-state index is 0.0199. The SMILES string of the molecule is CC(=O)NC(C)C(=O)N1CCCCC1CCC(=O)O. The minimum atomic E-state index is -0.840. The standard InChI is InChI=1S/C13H22N2O4/c1-9(14-10(2)16)13(19)15-8-4-3-5-11(15)6-7-12(17)18/h9,11H,3-8H2,1-2H3,(H,14,16)(H,17,18). The van der Waals surface area contributed by atoms with Crippen LogP contribution in [0.25, 0.3) is 0 Å². The van der Waals surface area contributed by atoms with E-state index in [1.165, 1.54) is 6.92 Å². The smallest absolute Gasteiger partial charge is 0.303 e. The number of piperidine rings is 1. The summed E-state index contributed by atoms with van der Waals surface area (Å²) < 4.78 is 0. The van der Waals surface area contributed by atoms with Gasteiger partial charge in [-0.05, 0) is 32.6 Å². The van der Waals surface area contributed by atoms with Crippen LogP contribution in [-0.4, -0.2) is 46.4 Å². The summed E-state index contributed by atoms with van der Waals surface area (Å²) in [7, 11) is 0. The van der Waals surface area contributed by atoms with Crippen molar-refractivity contribution >= 4 is 17.8 Å². The Kier molecular flexibility index (Phi) is 5.79. The molecule has 1 fully saturated rings. The topological polar surface area (TPSA) is 86.7 Å². The van der Waals surface area contributed by atoms with Gasteiger partial charge in [0.05, 0.1) is 0 Å². The normalized spacial score (nSPS) is 20.7. The molecule has 1 saturated heterocycles. The zero-order valence-electron chi connectivity index (χ0n) is 11.5. The number of rotatable bonds is 5. The molecule has 2 unspecified atom stereocenters. The molecule has 0 spiro atoms. The molecule has 0 radical (unpaired) electrons. The van der Waals surface area contributed by atoms with Crippen molar-refractivity contribution in [3.8, 4) is 0 Å². The van der Waals surface area contributed by atoms with Gasteiger partial charge in [0, 0.05) is 25.9 Å². The lowest BCUT2D eigenvalue weighted by atomic mass is 9.97. The number of carboxylic acids is 1. The van der Waals surface area contributed by atoms with Crippen molar-refractivity contribution in [2.24, 2.45) is 0 Å². The number of likely N-dealkylation sites (tertiary alicyclic amines) is 1. The zero-order chi connectivity index (χ0) is 14.4. The highest BCUT2D eigenvalue weighted by atomic mass is 16.4. The lowest BCUT2D eigenvalue weighted by Gasteiger charge is -2.37. The van der Waals surface area contributed by atoms with Gasteiger partial charge in [-0.15, -0.1) is 0 Å². The third kappa shape index (κ3) is 4.89. The van der Waals surface area contributed by atoms with E-state index in [0.717, 1.165) is 19.3 Å². The number of hydrogen-bond donors (Lipinski definition) is 2. The van der Waals surface area contributed by atoms with Gasteiger partial charge in [-0.25, -0.2) is 0 Å². The third-order valence-corrected chi connectivity index (χ3v) is 3.39. The number of aliphatic carboxylic acids is 1. The molecule has 0 aliphatic carbocycles.